The average Bonchev–Trinajstić information content (AvgIpc) is 3.16. The highest BCUT2D eigenvalue weighted by Crippen LogP contribution is 2.59. The van der Waals surface area contributed by atoms with Crippen LogP contribution in [-0.2, 0) is 18.6 Å². The average molecular weight is 492 g/mol. The molecule has 5 rings (SSSR count). The molecule has 2 atom stereocenters. The van der Waals surface area contributed by atoms with Crippen molar-refractivity contribution in [1.29, 1.82) is 0 Å². The highest BCUT2D eigenvalue weighted by Gasteiger charge is 2.60. The lowest BCUT2D eigenvalue weighted by Gasteiger charge is -2.21. The third-order valence-corrected chi connectivity index (χ3v) is 8.32. The molecule has 1 aromatic heterocycles. The van der Waals surface area contributed by atoms with Gasteiger partial charge in [-0.3, -0.25) is 0 Å². The van der Waals surface area contributed by atoms with Crippen molar-refractivity contribution in [3.8, 4) is 11.3 Å². The summed E-state index contributed by atoms with van der Waals surface area (Å²) in [5.74, 6) is 1.54. The van der Waals surface area contributed by atoms with Gasteiger partial charge in [0.25, 0.3) is 0 Å². The molecule has 0 N–H and O–H groups in total. The van der Waals surface area contributed by atoms with E-state index in [4.69, 9.17) is 11.6 Å². The van der Waals surface area contributed by atoms with Gasteiger partial charge in [-0.1, -0.05) is 47.6 Å². The van der Waals surface area contributed by atoms with Crippen LogP contribution in [0.3, 0.4) is 0 Å². The number of benzene rings is 2. The number of halogens is 4. The first-order valence-electron chi connectivity index (χ1n) is 11.1. The lowest BCUT2D eigenvalue weighted by Crippen LogP contribution is -2.28. The molecule has 33 heavy (non-hydrogen) atoms. The zero-order valence-electron chi connectivity index (χ0n) is 18.3. The van der Waals surface area contributed by atoms with Crippen molar-refractivity contribution in [1.82, 2.24) is 14.5 Å². The van der Waals surface area contributed by atoms with Gasteiger partial charge < -0.3 is 9.47 Å². The number of imidazole rings is 1. The van der Waals surface area contributed by atoms with Crippen LogP contribution in [-0.4, -0.2) is 39.8 Å². The Bertz CT molecular complexity index is 1130. The molecule has 174 valence electrons. The van der Waals surface area contributed by atoms with Gasteiger partial charge in [0, 0.05) is 36.3 Å². The van der Waals surface area contributed by atoms with Crippen molar-refractivity contribution in [3.05, 3.63) is 70.9 Å². The summed E-state index contributed by atoms with van der Waals surface area (Å²) in [5, 5.41) is 1.71. The van der Waals surface area contributed by atoms with Gasteiger partial charge in [-0.2, -0.15) is 13.2 Å². The molecule has 0 bridgehead atoms. The minimum absolute atomic E-state index is 0.0599. The van der Waals surface area contributed by atoms with Gasteiger partial charge in [0.05, 0.1) is 17.5 Å². The minimum Gasteiger partial charge on any atom is -0.322 e. The molecule has 1 aliphatic heterocycles. The number of likely N-dealkylation sites (tertiary alicyclic amines) is 1. The SMILES string of the molecule is Cn1c(-c2ccc(Cl)cc2)cnc1SCCCN1CC2C[C@]2(c2ccc(C(F)(F)F)cc2)C1. The van der Waals surface area contributed by atoms with Gasteiger partial charge in [0.1, 0.15) is 0 Å². The second kappa shape index (κ2) is 8.67. The smallest absolute Gasteiger partial charge is 0.322 e. The van der Waals surface area contributed by atoms with Crippen LogP contribution in [0.5, 0.6) is 0 Å². The lowest BCUT2D eigenvalue weighted by molar-refractivity contribution is -0.137. The van der Waals surface area contributed by atoms with Gasteiger partial charge in [-0.15, -0.1) is 0 Å². The molecule has 8 heteroatoms. The molecule has 1 unspecified atom stereocenters. The Morgan fingerprint density at radius 3 is 2.55 bits per heavy atom. The van der Waals surface area contributed by atoms with Crippen molar-refractivity contribution in [3.63, 3.8) is 0 Å². The molecule has 2 fully saturated rings. The van der Waals surface area contributed by atoms with Gasteiger partial charge in [0.2, 0.25) is 0 Å². The quantitative estimate of drug-likeness (QED) is 0.277. The molecule has 3 nitrogen and oxygen atoms in total. The van der Waals surface area contributed by atoms with Crippen LogP contribution in [0.4, 0.5) is 13.2 Å². The number of aromatic nitrogens is 2. The summed E-state index contributed by atoms with van der Waals surface area (Å²) in [4.78, 5) is 7.04. The topological polar surface area (TPSA) is 21.1 Å². The van der Waals surface area contributed by atoms with Crippen molar-refractivity contribution in [2.75, 3.05) is 25.4 Å². The Morgan fingerprint density at radius 1 is 1.12 bits per heavy atom. The molecule has 1 saturated heterocycles. The minimum atomic E-state index is -4.28. The summed E-state index contributed by atoms with van der Waals surface area (Å²) in [5.41, 5.74) is 2.70. The zero-order chi connectivity index (χ0) is 23.2. The number of hydrogen-bond donors (Lipinski definition) is 0. The van der Waals surface area contributed by atoms with E-state index in [0.717, 1.165) is 65.2 Å². The lowest BCUT2D eigenvalue weighted by atomic mass is 9.94. The molecule has 2 aromatic carbocycles. The van der Waals surface area contributed by atoms with Crippen LogP contribution in [0.15, 0.2) is 59.9 Å². The zero-order valence-corrected chi connectivity index (χ0v) is 19.9. The second-order valence-electron chi connectivity index (χ2n) is 9.06. The maximum absolute atomic E-state index is 12.9. The molecule has 2 aliphatic rings. The highest BCUT2D eigenvalue weighted by atomic mass is 35.5. The molecule has 2 heterocycles. The van der Waals surface area contributed by atoms with Crippen molar-refractivity contribution >= 4 is 23.4 Å². The number of thioether (sulfide) groups is 1. The largest absolute Gasteiger partial charge is 0.416 e. The van der Waals surface area contributed by atoms with E-state index in [1.165, 1.54) is 12.1 Å². The maximum atomic E-state index is 12.9. The summed E-state index contributed by atoms with van der Waals surface area (Å²) < 4.78 is 40.7. The van der Waals surface area contributed by atoms with E-state index in [2.05, 4.69) is 14.5 Å². The van der Waals surface area contributed by atoms with Crippen molar-refractivity contribution < 1.29 is 13.2 Å². The number of fused-ring (bicyclic) bond motifs is 1. The number of rotatable bonds is 7. The van der Waals surface area contributed by atoms with Gasteiger partial charge >= 0.3 is 6.18 Å². The van der Waals surface area contributed by atoms with Gasteiger partial charge in [0.15, 0.2) is 5.16 Å². The fraction of sp³-hybridized carbons (Fsp3) is 0.400. The van der Waals surface area contributed by atoms with Crippen molar-refractivity contribution in [2.24, 2.45) is 13.0 Å². The summed E-state index contributed by atoms with van der Waals surface area (Å²) in [6.07, 6.45) is -0.247. The molecule has 0 spiro atoms. The van der Waals surface area contributed by atoms with Crippen LogP contribution < -0.4 is 0 Å². The molecule has 1 saturated carbocycles. The molecule has 1 aliphatic carbocycles. The maximum Gasteiger partial charge on any atom is 0.416 e. The first-order valence-corrected chi connectivity index (χ1v) is 12.4. The van der Waals surface area contributed by atoms with Crippen molar-refractivity contribution in [2.45, 2.75) is 29.6 Å². The molecule has 3 aromatic rings. The number of piperidine rings is 1. The number of nitrogens with zero attached hydrogens (tertiary/aromatic N) is 3. The number of hydrogen-bond acceptors (Lipinski definition) is 3. The molecule has 0 radical (unpaired) electrons. The van der Waals surface area contributed by atoms with Crippen LogP contribution in [0, 0.1) is 5.92 Å². The van der Waals surface area contributed by atoms with Gasteiger partial charge in [-0.25, -0.2) is 4.98 Å². The molecular formula is C25H25ClF3N3S. The first kappa shape index (κ1) is 22.8. The third-order valence-electron chi connectivity index (χ3n) is 6.94. The summed E-state index contributed by atoms with van der Waals surface area (Å²) in [6, 6.07) is 13.6. The Balaban J connectivity index is 1.12. The van der Waals surface area contributed by atoms with E-state index >= 15 is 0 Å². The summed E-state index contributed by atoms with van der Waals surface area (Å²) >= 11 is 7.74. The fourth-order valence-electron chi connectivity index (χ4n) is 5.06. The van der Waals surface area contributed by atoms with Crippen LogP contribution in [0.2, 0.25) is 5.02 Å². The normalized spacial score (nSPS) is 22.5. The standard InChI is InChI=1S/C25H25ClF3N3S/c1-31-22(17-3-9-21(26)10-4-17)14-30-23(31)33-12-2-11-32-15-20-13-24(20,16-32)18-5-7-19(8-6-18)25(27,28)29/h3-10,14,20H,2,11-13,15-16H2,1H3/t20?,24-/m1/s1. The Labute approximate surface area is 201 Å². The predicted octanol–water partition coefficient (Wildman–Crippen LogP) is 6.52. The second-order valence-corrected chi connectivity index (χ2v) is 10.6. The van der Waals surface area contributed by atoms with Gasteiger partial charge in [-0.05, 0) is 60.7 Å². The van der Waals surface area contributed by atoms with Crippen LogP contribution in [0.25, 0.3) is 11.3 Å². The number of alkyl halides is 3. The Kier molecular flexibility index (Phi) is 6.00. The van der Waals surface area contributed by atoms with E-state index in [-0.39, 0.29) is 5.41 Å². The van der Waals surface area contributed by atoms with Crippen LogP contribution >= 0.6 is 23.4 Å². The van der Waals surface area contributed by atoms with E-state index < -0.39 is 11.7 Å². The Morgan fingerprint density at radius 2 is 1.85 bits per heavy atom. The first-order chi connectivity index (χ1) is 15.8. The highest BCUT2D eigenvalue weighted by molar-refractivity contribution is 7.99. The third kappa shape index (κ3) is 4.55. The summed E-state index contributed by atoms with van der Waals surface area (Å²) in [6.45, 7) is 2.98. The monoisotopic (exact) mass is 491 g/mol. The van der Waals surface area contributed by atoms with Crippen LogP contribution in [0.1, 0.15) is 24.0 Å². The predicted molar refractivity (Wildman–Crippen MR) is 127 cm³/mol. The van der Waals surface area contributed by atoms with E-state index in [1.54, 1.807) is 23.9 Å². The van der Waals surface area contributed by atoms with E-state index in [0.29, 0.717) is 5.92 Å². The van der Waals surface area contributed by atoms with E-state index in [1.807, 2.05) is 37.5 Å². The molecule has 0 amide bonds. The Hall–Kier alpha value is -1.96. The van der Waals surface area contributed by atoms with E-state index in [9.17, 15) is 13.2 Å². The fourth-order valence-corrected chi connectivity index (χ4v) is 6.06. The molecular weight excluding hydrogens is 467 g/mol. The summed E-state index contributed by atoms with van der Waals surface area (Å²) in [7, 11) is 2.03.